The third-order valence-corrected chi connectivity index (χ3v) is 6.70. The van der Waals surface area contributed by atoms with Crippen LogP contribution in [0, 0.1) is 6.92 Å². The van der Waals surface area contributed by atoms with E-state index in [9.17, 15) is 13.2 Å². The van der Waals surface area contributed by atoms with Crippen LogP contribution in [0.1, 0.15) is 44.0 Å². The zero-order valence-electron chi connectivity index (χ0n) is 16.1. The fourth-order valence-electron chi connectivity index (χ4n) is 3.15. The Hall–Kier alpha value is -2.33. The van der Waals surface area contributed by atoms with Crippen LogP contribution in [-0.4, -0.2) is 51.5 Å². The minimum atomic E-state index is -3.75. The largest absolute Gasteiger partial charge is 0.456 e. The number of tetrazole rings is 1. The molecule has 1 aliphatic heterocycles. The fraction of sp³-hybridized carbons (Fsp3) is 0.556. The quantitative estimate of drug-likeness (QED) is 0.613. The molecule has 0 unspecified atom stereocenters. The molecule has 1 saturated heterocycles. The number of aromatic nitrogens is 4. The molecule has 1 fully saturated rings. The van der Waals surface area contributed by atoms with Gasteiger partial charge in [-0.3, -0.25) is 4.79 Å². The molecule has 28 heavy (non-hydrogen) atoms. The molecule has 1 atom stereocenters. The number of sulfonamides is 1. The average molecular weight is 407 g/mol. The molecule has 9 nitrogen and oxygen atoms in total. The second kappa shape index (κ2) is 8.78. The van der Waals surface area contributed by atoms with Crippen molar-refractivity contribution in [3.63, 3.8) is 0 Å². The lowest BCUT2D eigenvalue weighted by atomic mass is 10.2. The van der Waals surface area contributed by atoms with Crippen LogP contribution in [-0.2, 0) is 32.7 Å². The van der Waals surface area contributed by atoms with Gasteiger partial charge in [0, 0.05) is 13.1 Å². The molecule has 2 heterocycles. The molecule has 1 aromatic carbocycles. The Labute approximate surface area is 164 Å². The Kier molecular flexibility index (Phi) is 6.40. The summed E-state index contributed by atoms with van der Waals surface area (Å²) < 4.78 is 34.1. The van der Waals surface area contributed by atoms with E-state index in [1.54, 1.807) is 28.9 Å². The van der Waals surface area contributed by atoms with Gasteiger partial charge in [-0.15, -0.1) is 5.10 Å². The molecule has 0 spiro atoms. The summed E-state index contributed by atoms with van der Waals surface area (Å²) >= 11 is 0. The van der Waals surface area contributed by atoms with Crippen molar-refractivity contribution in [3.05, 3.63) is 35.7 Å². The van der Waals surface area contributed by atoms with Crippen LogP contribution in [0.25, 0.3) is 0 Å². The second-order valence-corrected chi connectivity index (χ2v) is 8.76. The number of nitrogens with zero attached hydrogens (tertiary/aromatic N) is 5. The van der Waals surface area contributed by atoms with Gasteiger partial charge in [-0.25, -0.2) is 13.1 Å². The third kappa shape index (κ3) is 4.39. The number of carbonyl (C=O) groups is 1. The molecule has 1 aliphatic rings. The summed E-state index contributed by atoms with van der Waals surface area (Å²) in [6.45, 7) is 4.82. The topological polar surface area (TPSA) is 107 Å². The Bertz CT molecular complexity index is 910. The van der Waals surface area contributed by atoms with E-state index in [2.05, 4.69) is 22.4 Å². The molecule has 1 aromatic heterocycles. The predicted octanol–water partition coefficient (Wildman–Crippen LogP) is 1.68. The molecule has 152 valence electrons. The first-order valence-corrected chi connectivity index (χ1v) is 10.9. The maximum absolute atomic E-state index is 12.9. The van der Waals surface area contributed by atoms with E-state index < -0.39 is 22.0 Å². The van der Waals surface area contributed by atoms with E-state index in [0.29, 0.717) is 31.8 Å². The van der Waals surface area contributed by atoms with Crippen LogP contribution < -0.4 is 0 Å². The Morgan fingerprint density at radius 2 is 2.04 bits per heavy atom. The number of unbranched alkanes of at least 4 members (excludes halogenated alkanes) is 1. The lowest BCUT2D eigenvalue weighted by Gasteiger charge is -2.22. The van der Waals surface area contributed by atoms with Crippen molar-refractivity contribution in [2.24, 2.45) is 0 Å². The van der Waals surface area contributed by atoms with Crippen LogP contribution in [0.4, 0.5) is 0 Å². The zero-order valence-corrected chi connectivity index (χ0v) is 16.9. The molecule has 0 radical (unpaired) electrons. The number of benzene rings is 1. The van der Waals surface area contributed by atoms with Gasteiger partial charge in [-0.2, -0.15) is 4.31 Å². The van der Waals surface area contributed by atoms with Gasteiger partial charge < -0.3 is 4.74 Å². The van der Waals surface area contributed by atoms with Gasteiger partial charge in [-0.1, -0.05) is 31.0 Å². The zero-order chi connectivity index (χ0) is 20.1. The molecule has 10 heteroatoms. The van der Waals surface area contributed by atoms with Crippen molar-refractivity contribution >= 4 is 16.0 Å². The summed E-state index contributed by atoms with van der Waals surface area (Å²) in [5.74, 6) is -0.119. The maximum atomic E-state index is 12.9. The lowest BCUT2D eigenvalue weighted by molar-refractivity contribution is -0.149. The number of esters is 1. The molecular weight excluding hydrogens is 382 g/mol. The summed E-state index contributed by atoms with van der Waals surface area (Å²) in [5, 5.41) is 11.4. The first-order valence-electron chi connectivity index (χ1n) is 9.43. The van der Waals surface area contributed by atoms with Gasteiger partial charge in [0.2, 0.25) is 10.0 Å². The van der Waals surface area contributed by atoms with Gasteiger partial charge in [0.1, 0.15) is 6.04 Å². The first kappa shape index (κ1) is 20.4. The number of aryl methyl sites for hydroxylation is 2. The minimum absolute atomic E-state index is 0.0789. The highest BCUT2D eigenvalue weighted by Gasteiger charge is 2.40. The molecule has 0 amide bonds. The molecule has 0 bridgehead atoms. The van der Waals surface area contributed by atoms with E-state index in [1.807, 2.05) is 6.92 Å². The smallest absolute Gasteiger partial charge is 0.324 e. The number of ether oxygens (including phenoxy) is 1. The molecule has 0 saturated carbocycles. The standard InChI is InChI=1S/C18H25N5O4S/c1-3-4-11-22-17(19-20-21-22)13-27-18(24)16-6-5-12-23(16)28(25,26)15-9-7-14(2)8-10-15/h7-10,16H,3-6,11-13H2,1-2H3/t16-/m0/s1. The van der Waals surface area contributed by atoms with Crippen molar-refractivity contribution in [2.75, 3.05) is 6.54 Å². The van der Waals surface area contributed by atoms with E-state index >= 15 is 0 Å². The van der Waals surface area contributed by atoms with Gasteiger partial charge in [0.15, 0.2) is 12.4 Å². The van der Waals surface area contributed by atoms with Crippen molar-refractivity contribution in [3.8, 4) is 0 Å². The number of hydrogen-bond donors (Lipinski definition) is 0. The van der Waals surface area contributed by atoms with Gasteiger partial charge in [-0.05, 0) is 48.7 Å². The predicted molar refractivity (Wildman–Crippen MR) is 101 cm³/mol. The van der Waals surface area contributed by atoms with Crippen LogP contribution >= 0.6 is 0 Å². The highest BCUT2D eigenvalue weighted by Crippen LogP contribution is 2.27. The van der Waals surface area contributed by atoms with E-state index in [0.717, 1.165) is 18.4 Å². The van der Waals surface area contributed by atoms with Crippen molar-refractivity contribution in [1.82, 2.24) is 24.5 Å². The third-order valence-electron chi connectivity index (χ3n) is 4.78. The Morgan fingerprint density at radius 1 is 1.29 bits per heavy atom. The van der Waals surface area contributed by atoms with Crippen molar-refractivity contribution in [2.45, 2.75) is 63.6 Å². The first-order chi connectivity index (χ1) is 13.4. The van der Waals surface area contributed by atoms with Crippen molar-refractivity contribution in [1.29, 1.82) is 0 Å². The minimum Gasteiger partial charge on any atom is -0.456 e. The van der Waals surface area contributed by atoms with Gasteiger partial charge in [0.05, 0.1) is 4.90 Å². The Balaban J connectivity index is 1.68. The summed E-state index contributed by atoms with van der Waals surface area (Å²) in [6.07, 6.45) is 2.95. The van der Waals surface area contributed by atoms with E-state index in [-0.39, 0.29) is 11.5 Å². The molecule has 0 aliphatic carbocycles. The van der Waals surface area contributed by atoms with Crippen LogP contribution in [0.15, 0.2) is 29.2 Å². The second-order valence-electron chi connectivity index (χ2n) is 6.87. The summed E-state index contributed by atoms with van der Waals surface area (Å²) in [5.41, 5.74) is 0.970. The van der Waals surface area contributed by atoms with Crippen molar-refractivity contribution < 1.29 is 17.9 Å². The number of carbonyl (C=O) groups excluding carboxylic acids is 1. The number of hydrogen-bond acceptors (Lipinski definition) is 7. The molecule has 2 aromatic rings. The summed E-state index contributed by atoms with van der Waals surface area (Å²) in [6, 6.07) is 5.78. The fourth-order valence-corrected chi connectivity index (χ4v) is 4.80. The highest BCUT2D eigenvalue weighted by atomic mass is 32.2. The summed E-state index contributed by atoms with van der Waals surface area (Å²) in [7, 11) is -3.75. The lowest BCUT2D eigenvalue weighted by Crippen LogP contribution is -2.41. The normalized spacial score (nSPS) is 17.7. The van der Waals surface area contributed by atoms with Gasteiger partial charge in [0.25, 0.3) is 0 Å². The molecular formula is C18H25N5O4S. The highest BCUT2D eigenvalue weighted by molar-refractivity contribution is 7.89. The van der Waals surface area contributed by atoms with Crippen LogP contribution in [0.3, 0.4) is 0 Å². The van der Waals surface area contributed by atoms with Gasteiger partial charge >= 0.3 is 5.97 Å². The maximum Gasteiger partial charge on any atom is 0.324 e. The van der Waals surface area contributed by atoms with Crippen LogP contribution in [0.2, 0.25) is 0 Å². The SMILES string of the molecule is CCCCn1nnnc1COC(=O)[C@@H]1CCCN1S(=O)(=O)c1ccc(C)cc1. The molecule has 3 rings (SSSR count). The molecule has 0 N–H and O–H groups in total. The van der Waals surface area contributed by atoms with E-state index in [4.69, 9.17) is 4.74 Å². The number of rotatable bonds is 8. The van der Waals surface area contributed by atoms with E-state index in [1.165, 1.54) is 4.31 Å². The average Bonchev–Trinajstić information content (AvgIpc) is 3.34. The monoisotopic (exact) mass is 407 g/mol. The van der Waals surface area contributed by atoms with Crippen LogP contribution in [0.5, 0.6) is 0 Å². The summed E-state index contributed by atoms with van der Waals surface area (Å²) in [4.78, 5) is 12.8. The Morgan fingerprint density at radius 3 is 2.75 bits per heavy atom.